The van der Waals surface area contributed by atoms with Gasteiger partial charge in [0.2, 0.25) is 10.0 Å². The minimum Gasteiger partial charge on any atom is -0.487 e. The Morgan fingerprint density at radius 3 is 2.87 bits per heavy atom. The lowest BCUT2D eigenvalue weighted by Gasteiger charge is -2.21. The van der Waals surface area contributed by atoms with Crippen LogP contribution in [-0.4, -0.2) is 20.0 Å². The fourth-order valence-corrected chi connectivity index (χ4v) is 4.80. The van der Waals surface area contributed by atoms with Crippen molar-refractivity contribution < 1.29 is 13.2 Å². The second kappa shape index (κ2) is 5.74. The van der Waals surface area contributed by atoms with Crippen molar-refractivity contribution in [3.63, 3.8) is 0 Å². The molecule has 1 aromatic heterocycles. The summed E-state index contributed by atoms with van der Waals surface area (Å²) in [5.41, 5.74) is 0.788. The van der Waals surface area contributed by atoms with E-state index >= 15 is 0 Å². The van der Waals surface area contributed by atoms with E-state index in [4.69, 9.17) is 4.74 Å². The van der Waals surface area contributed by atoms with Crippen molar-refractivity contribution in [1.29, 1.82) is 0 Å². The van der Waals surface area contributed by atoms with Crippen LogP contribution in [0, 0.1) is 5.92 Å². The topological polar surface area (TPSA) is 68.3 Å². The summed E-state index contributed by atoms with van der Waals surface area (Å²) in [6.07, 6.45) is 5.46. The monoisotopic (exact) mass is 348 g/mol. The average Bonchev–Trinajstić information content (AvgIpc) is 3.26. The van der Waals surface area contributed by atoms with Crippen LogP contribution in [0.4, 0.5) is 0 Å². The first-order valence-electron chi connectivity index (χ1n) is 7.47. The molecule has 1 aliphatic carbocycles. The maximum atomic E-state index is 12.8. The number of benzene rings is 1. The van der Waals surface area contributed by atoms with Gasteiger partial charge in [-0.25, -0.2) is 18.1 Å². The van der Waals surface area contributed by atoms with Gasteiger partial charge >= 0.3 is 0 Å². The van der Waals surface area contributed by atoms with Crippen LogP contribution in [0.3, 0.4) is 0 Å². The normalized spacial score (nSPS) is 18.7. The van der Waals surface area contributed by atoms with Gasteiger partial charge < -0.3 is 4.74 Å². The largest absolute Gasteiger partial charge is 0.487 e. The fourth-order valence-electron chi connectivity index (χ4n) is 2.66. The Kier molecular flexibility index (Phi) is 3.71. The quantitative estimate of drug-likeness (QED) is 0.902. The third-order valence-corrected chi connectivity index (χ3v) is 6.39. The molecular weight excluding hydrogens is 332 g/mol. The van der Waals surface area contributed by atoms with Gasteiger partial charge in [0.1, 0.15) is 17.4 Å². The van der Waals surface area contributed by atoms with Gasteiger partial charge in [-0.15, -0.1) is 11.3 Å². The molecule has 1 fully saturated rings. The third kappa shape index (κ3) is 3.04. The van der Waals surface area contributed by atoms with Gasteiger partial charge in [0.05, 0.1) is 10.9 Å². The van der Waals surface area contributed by atoms with Crippen LogP contribution in [0.15, 0.2) is 40.7 Å². The standard InChI is InChI=1S/C16H16N2O3S2/c19-23(20,13-9-12-3-1-2-4-14(12)21-10-13)18-15(11-5-6-11)16-17-7-8-22-16/h1-4,7-9,11,15,18H,5-6,10H2/t15-/m1/s1. The van der Waals surface area contributed by atoms with Crippen LogP contribution in [0.25, 0.3) is 6.08 Å². The average molecular weight is 348 g/mol. The fraction of sp³-hybridized carbons (Fsp3) is 0.312. The molecule has 1 aromatic carbocycles. The molecule has 0 saturated heterocycles. The molecule has 0 bridgehead atoms. The van der Waals surface area contributed by atoms with E-state index < -0.39 is 10.0 Å². The molecule has 23 heavy (non-hydrogen) atoms. The lowest BCUT2D eigenvalue weighted by molar-refractivity contribution is 0.352. The van der Waals surface area contributed by atoms with Crippen molar-refractivity contribution in [2.75, 3.05) is 6.61 Å². The summed E-state index contributed by atoms with van der Waals surface area (Å²) in [6.45, 7) is 0.0571. The molecule has 7 heteroatoms. The zero-order valence-electron chi connectivity index (χ0n) is 12.3. The molecule has 5 nitrogen and oxygen atoms in total. The van der Waals surface area contributed by atoms with Crippen molar-refractivity contribution in [3.05, 3.63) is 51.3 Å². The molecule has 2 heterocycles. The molecule has 0 unspecified atom stereocenters. The van der Waals surface area contributed by atoms with Crippen molar-refractivity contribution in [2.45, 2.75) is 18.9 Å². The Bertz CT molecular complexity index is 840. The first kappa shape index (κ1) is 14.9. The second-order valence-electron chi connectivity index (χ2n) is 5.74. The number of rotatable bonds is 5. The van der Waals surface area contributed by atoms with Crippen molar-refractivity contribution >= 4 is 27.4 Å². The highest BCUT2D eigenvalue weighted by Gasteiger charge is 2.37. The van der Waals surface area contributed by atoms with Gasteiger partial charge in [0.25, 0.3) is 0 Å². The lowest BCUT2D eigenvalue weighted by Crippen LogP contribution is -2.33. The highest BCUT2D eigenvalue weighted by Crippen LogP contribution is 2.42. The second-order valence-corrected chi connectivity index (χ2v) is 8.44. The number of nitrogens with zero attached hydrogens (tertiary/aromatic N) is 1. The predicted molar refractivity (Wildman–Crippen MR) is 89.5 cm³/mol. The number of hydrogen-bond acceptors (Lipinski definition) is 5. The van der Waals surface area contributed by atoms with E-state index in [1.807, 2.05) is 29.6 Å². The summed E-state index contributed by atoms with van der Waals surface area (Å²) >= 11 is 1.49. The number of fused-ring (bicyclic) bond motifs is 1. The number of nitrogens with one attached hydrogen (secondary N) is 1. The number of sulfonamides is 1. The van der Waals surface area contributed by atoms with Gasteiger partial charge in [-0.05, 0) is 30.9 Å². The molecule has 1 atom stereocenters. The molecule has 4 rings (SSSR count). The molecular formula is C16H16N2O3S2. The summed E-state index contributed by atoms with van der Waals surface area (Å²) in [5.74, 6) is 1.05. The first-order valence-corrected chi connectivity index (χ1v) is 9.84. The molecule has 0 spiro atoms. The van der Waals surface area contributed by atoms with Crippen LogP contribution in [0.2, 0.25) is 0 Å². The van der Waals surface area contributed by atoms with Crippen LogP contribution < -0.4 is 9.46 Å². The van der Waals surface area contributed by atoms with E-state index in [0.717, 1.165) is 23.4 Å². The summed E-state index contributed by atoms with van der Waals surface area (Å²) in [4.78, 5) is 4.55. The predicted octanol–water partition coefficient (Wildman–Crippen LogP) is 2.95. The minimum absolute atomic E-state index is 0.0571. The molecule has 120 valence electrons. The SMILES string of the molecule is O=S(=O)(N[C@@H](c1nccs1)C1CC1)C1=Cc2ccccc2OC1. The Hall–Kier alpha value is -1.70. The maximum Gasteiger partial charge on any atom is 0.240 e. The first-order chi connectivity index (χ1) is 11.1. The molecule has 2 aliphatic rings. The number of aromatic nitrogens is 1. The Balaban J connectivity index is 1.62. The van der Waals surface area contributed by atoms with Crippen LogP contribution in [-0.2, 0) is 10.0 Å². The van der Waals surface area contributed by atoms with Gasteiger partial charge in [-0.3, -0.25) is 0 Å². The molecule has 0 amide bonds. The Labute approximate surface area is 139 Å². The van der Waals surface area contributed by atoms with Crippen LogP contribution >= 0.6 is 11.3 Å². The highest BCUT2D eigenvalue weighted by atomic mass is 32.2. The summed E-state index contributed by atoms with van der Waals surface area (Å²) < 4.78 is 33.9. The number of ether oxygens (including phenoxy) is 1. The van der Waals surface area contributed by atoms with Crippen molar-refractivity contribution in [2.24, 2.45) is 5.92 Å². The molecule has 1 saturated carbocycles. The Morgan fingerprint density at radius 1 is 1.30 bits per heavy atom. The summed E-state index contributed by atoms with van der Waals surface area (Å²) in [5, 5.41) is 2.70. The van der Waals surface area contributed by atoms with Crippen molar-refractivity contribution in [1.82, 2.24) is 9.71 Å². The molecule has 1 aliphatic heterocycles. The van der Waals surface area contributed by atoms with Gasteiger partial charge in [0.15, 0.2) is 0 Å². The minimum atomic E-state index is -3.60. The molecule has 1 N–H and O–H groups in total. The number of thiazole rings is 1. The van der Waals surface area contributed by atoms with E-state index in [9.17, 15) is 8.42 Å². The van der Waals surface area contributed by atoms with E-state index in [1.54, 1.807) is 12.3 Å². The van der Waals surface area contributed by atoms with E-state index in [-0.39, 0.29) is 17.6 Å². The Morgan fingerprint density at radius 2 is 2.13 bits per heavy atom. The van der Waals surface area contributed by atoms with Gasteiger partial charge in [-0.2, -0.15) is 0 Å². The smallest absolute Gasteiger partial charge is 0.240 e. The zero-order chi connectivity index (χ0) is 15.9. The highest BCUT2D eigenvalue weighted by molar-refractivity contribution is 7.93. The number of hydrogen-bond donors (Lipinski definition) is 1. The number of para-hydroxylation sites is 1. The third-order valence-electron chi connectivity index (χ3n) is 4.04. The summed E-state index contributed by atoms with van der Waals surface area (Å²) in [6, 6.07) is 7.19. The lowest BCUT2D eigenvalue weighted by atomic mass is 10.1. The van der Waals surface area contributed by atoms with E-state index in [2.05, 4.69) is 9.71 Å². The van der Waals surface area contributed by atoms with Crippen LogP contribution in [0.1, 0.15) is 29.5 Å². The van der Waals surface area contributed by atoms with E-state index in [1.165, 1.54) is 11.3 Å². The van der Waals surface area contributed by atoms with Gasteiger partial charge in [0, 0.05) is 17.1 Å². The van der Waals surface area contributed by atoms with E-state index in [0.29, 0.717) is 11.7 Å². The summed E-state index contributed by atoms with van der Waals surface area (Å²) in [7, 11) is -3.60. The molecule has 2 aromatic rings. The van der Waals surface area contributed by atoms with Crippen molar-refractivity contribution in [3.8, 4) is 5.75 Å². The van der Waals surface area contributed by atoms with Crippen LogP contribution in [0.5, 0.6) is 5.75 Å². The zero-order valence-corrected chi connectivity index (χ0v) is 13.9. The molecule has 0 radical (unpaired) electrons. The maximum absolute atomic E-state index is 12.8. The van der Waals surface area contributed by atoms with Gasteiger partial charge in [-0.1, -0.05) is 18.2 Å².